The van der Waals surface area contributed by atoms with E-state index in [0.717, 1.165) is 4.68 Å². The number of sulfonamides is 1. The molecule has 0 aliphatic heterocycles. The van der Waals surface area contributed by atoms with Crippen LogP contribution in [-0.4, -0.2) is 41.4 Å². The molecule has 0 amide bonds. The Hall–Kier alpha value is -4.36. The number of azo groups is 1. The first-order chi connectivity index (χ1) is 17.2. The summed E-state index contributed by atoms with van der Waals surface area (Å²) in [7, 11) is -2.53. The molecule has 2 aromatic heterocycles. The number of nitrogens with zero attached hydrogens (tertiary/aromatic N) is 5. The number of aryl methyl sites for hydroxylation is 1. The normalized spacial score (nSPS) is 11.5. The topological polar surface area (TPSA) is 161 Å². The molecule has 0 aliphatic rings. The van der Waals surface area contributed by atoms with Crippen LogP contribution in [-0.2, 0) is 10.0 Å². The van der Waals surface area contributed by atoms with Crippen molar-refractivity contribution in [3.8, 4) is 5.75 Å². The van der Waals surface area contributed by atoms with Crippen LogP contribution in [0.1, 0.15) is 16.1 Å². The van der Waals surface area contributed by atoms with E-state index in [1.807, 2.05) is 0 Å². The number of aromatic nitrogens is 4. The minimum Gasteiger partial charge on any atom is -0.495 e. The molecule has 0 aliphatic carbocycles. The van der Waals surface area contributed by atoms with Gasteiger partial charge < -0.3 is 4.74 Å². The van der Waals surface area contributed by atoms with Crippen LogP contribution in [0.4, 0.5) is 17.2 Å². The Morgan fingerprint density at radius 1 is 1.11 bits per heavy atom. The smallest absolute Gasteiger partial charge is 0.302 e. The number of halogens is 1. The Labute approximate surface area is 209 Å². The quantitative estimate of drug-likeness (QED) is 0.345. The summed E-state index contributed by atoms with van der Waals surface area (Å²) in [5.41, 5.74) is 0.127. The first-order valence-corrected chi connectivity index (χ1v) is 12.1. The van der Waals surface area contributed by atoms with E-state index in [9.17, 15) is 18.0 Å². The van der Waals surface area contributed by atoms with Crippen molar-refractivity contribution in [3.05, 3.63) is 87.4 Å². The second-order valence-electron chi connectivity index (χ2n) is 7.32. The maximum atomic E-state index is 12.7. The number of hydrogen-bond acceptors (Lipinski definition) is 9. The first-order valence-electron chi connectivity index (χ1n) is 10.2. The van der Waals surface area contributed by atoms with Crippen LogP contribution in [0.25, 0.3) is 0 Å². The molecule has 0 saturated carbocycles. The predicted molar refractivity (Wildman–Crippen MR) is 131 cm³/mol. The number of hydrogen-bond donors (Lipinski definition) is 2. The van der Waals surface area contributed by atoms with E-state index in [0.29, 0.717) is 16.5 Å². The van der Waals surface area contributed by atoms with Gasteiger partial charge in [-0.25, -0.2) is 8.42 Å². The van der Waals surface area contributed by atoms with Gasteiger partial charge in [-0.15, -0.1) is 10.2 Å². The minimum atomic E-state index is -3.96. The molecule has 2 heterocycles. The monoisotopic (exact) mass is 527 g/mol. The number of carbonyl (C=O) groups is 1. The van der Waals surface area contributed by atoms with Crippen LogP contribution in [0.15, 0.2) is 80.7 Å². The van der Waals surface area contributed by atoms with Gasteiger partial charge in [0, 0.05) is 16.7 Å². The molecular formula is C22H18ClN7O5S. The summed E-state index contributed by atoms with van der Waals surface area (Å²) < 4.78 is 33.4. The van der Waals surface area contributed by atoms with E-state index >= 15 is 0 Å². The number of anilines is 1. The average Bonchev–Trinajstić information content (AvgIpc) is 3.15. The number of nitrogens with one attached hydrogen (secondary N) is 2. The van der Waals surface area contributed by atoms with Crippen LogP contribution >= 0.6 is 11.6 Å². The van der Waals surface area contributed by atoms with E-state index in [2.05, 4.69) is 30.2 Å². The Bertz CT molecular complexity index is 1610. The Morgan fingerprint density at radius 2 is 1.81 bits per heavy atom. The van der Waals surface area contributed by atoms with Gasteiger partial charge in [0.1, 0.15) is 5.75 Å². The fourth-order valence-corrected chi connectivity index (χ4v) is 4.14. The number of methoxy groups -OCH3 is 1. The molecule has 4 rings (SSSR count). The second kappa shape index (κ2) is 10.1. The van der Waals surface area contributed by atoms with Crippen LogP contribution in [0.5, 0.6) is 5.75 Å². The average molecular weight is 528 g/mol. The van der Waals surface area contributed by atoms with Crippen molar-refractivity contribution in [3.63, 3.8) is 0 Å². The molecule has 36 heavy (non-hydrogen) atoms. The molecule has 0 fully saturated rings. The van der Waals surface area contributed by atoms with E-state index in [1.165, 1.54) is 55.8 Å². The fourth-order valence-electron chi connectivity index (χ4n) is 3.03. The predicted octanol–water partition coefficient (Wildman–Crippen LogP) is 3.84. The van der Waals surface area contributed by atoms with Crippen LogP contribution in [0, 0.1) is 6.92 Å². The lowest BCUT2D eigenvalue weighted by molar-refractivity contribution is 0.0941. The maximum absolute atomic E-state index is 12.7. The van der Waals surface area contributed by atoms with Crippen LogP contribution < -0.4 is 15.0 Å². The third-order valence-corrected chi connectivity index (χ3v) is 6.47. The van der Waals surface area contributed by atoms with E-state index < -0.39 is 21.5 Å². The van der Waals surface area contributed by atoms with Crippen molar-refractivity contribution in [2.45, 2.75) is 11.8 Å². The molecule has 4 aromatic rings. The minimum absolute atomic E-state index is 0.00882. The van der Waals surface area contributed by atoms with E-state index in [1.54, 1.807) is 19.1 Å². The SMILES string of the molecule is COc1cnnc(NS(=O)(=O)c2ccc(N=Nc3c(C)[nH]n(C(=O)c4ccc(Cl)cc4)c3=O)cc2)c1. The molecule has 0 radical (unpaired) electrons. The summed E-state index contributed by atoms with van der Waals surface area (Å²) in [6.45, 7) is 1.57. The molecule has 0 bridgehead atoms. The highest BCUT2D eigenvalue weighted by Crippen LogP contribution is 2.22. The zero-order valence-electron chi connectivity index (χ0n) is 18.8. The van der Waals surface area contributed by atoms with E-state index in [-0.39, 0.29) is 27.7 Å². The lowest BCUT2D eigenvalue weighted by Gasteiger charge is -2.07. The van der Waals surface area contributed by atoms with Gasteiger partial charge in [-0.1, -0.05) is 11.6 Å². The zero-order chi connectivity index (χ0) is 25.9. The van der Waals surface area contributed by atoms with Crippen molar-refractivity contribution >= 4 is 44.7 Å². The van der Waals surface area contributed by atoms with Gasteiger partial charge in [0.2, 0.25) is 0 Å². The Morgan fingerprint density at radius 3 is 2.47 bits per heavy atom. The first kappa shape index (κ1) is 24.8. The second-order valence-corrected chi connectivity index (χ2v) is 9.44. The van der Waals surface area contributed by atoms with Crippen molar-refractivity contribution in [1.29, 1.82) is 0 Å². The third kappa shape index (κ3) is 5.31. The number of aromatic amines is 1. The molecular weight excluding hydrogens is 510 g/mol. The van der Waals surface area contributed by atoms with Crippen molar-refractivity contribution in [2.75, 3.05) is 11.8 Å². The largest absolute Gasteiger partial charge is 0.495 e. The van der Waals surface area contributed by atoms with Gasteiger partial charge >= 0.3 is 5.56 Å². The number of rotatable bonds is 7. The van der Waals surface area contributed by atoms with Gasteiger partial charge in [-0.3, -0.25) is 19.4 Å². The zero-order valence-corrected chi connectivity index (χ0v) is 20.4. The summed E-state index contributed by atoms with van der Waals surface area (Å²) in [6.07, 6.45) is 1.34. The lowest BCUT2D eigenvalue weighted by atomic mass is 10.2. The molecule has 2 aromatic carbocycles. The highest BCUT2D eigenvalue weighted by molar-refractivity contribution is 7.92. The molecule has 0 unspecified atom stereocenters. The van der Waals surface area contributed by atoms with Gasteiger partial charge in [-0.05, 0) is 55.5 Å². The summed E-state index contributed by atoms with van der Waals surface area (Å²) in [6, 6.07) is 12.9. The highest BCUT2D eigenvalue weighted by Gasteiger charge is 2.18. The Kier molecular flexibility index (Phi) is 6.94. The van der Waals surface area contributed by atoms with Crippen LogP contribution in [0.3, 0.4) is 0 Å². The lowest BCUT2D eigenvalue weighted by Crippen LogP contribution is -2.25. The molecule has 0 spiro atoms. The fraction of sp³-hybridized carbons (Fsp3) is 0.0909. The number of H-pyrrole nitrogens is 1. The number of benzene rings is 2. The summed E-state index contributed by atoms with van der Waals surface area (Å²) in [5.74, 6) is -0.248. The summed E-state index contributed by atoms with van der Waals surface area (Å²) in [5, 5.41) is 18.5. The molecule has 2 N–H and O–H groups in total. The van der Waals surface area contributed by atoms with Gasteiger partial charge in [0.15, 0.2) is 11.5 Å². The van der Waals surface area contributed by atoms with E-state index in [4.69, 9.17) is 16.3 Å². The molecule has 184 valence electrons. The summed E-state index contributed by atoms with van der Waals surface area (Å²) >= 11 is 5.84. The number of carbonyl (C=O) groups excluding carboxylic acids is 1. The third-order valence-electron chi connectivity index (χ3n) is 4.85. The van der Waals surface area contributed by atoms with Crippen LogP contribution in [0.2, 0.25) is 5.02 Å². The van der Waals surface area contributed by atoms with Gasteiger partial charge in [0.25, 0.3) is 15.9 Å². The standard InChI is InChI=1S/C22H18ClN7O5S/c1-13-20(22(32)30(28-13)21(31)14-3-5-15(23)6-4-14)27-25-16-7-9-18(10-8-16)36(33,34)29-19-11-17(35-2)12-24-26-19/h3-12,28H,1-2H3,(H,26,29). The molecule has 12 nitrogen and oxygen atoms in total. The molecule has 0 atom stereocenters. The van der Waals surface area contributed by atoms with Crippen molar-refractivity contribution in [2.24, 2.45) is 10.2 Å². The Balaban J connectivity index is 1.52. The maximum Gasteiger partial charge on any atom is 0.302 e. The summed E-state index contributed by atoms with van der Waals surface area (Å²) in [4.78, 5) is 25.3. The van der Waals surface area contributed by atoms with Crippen molar-refractivity contribution in [1.82, 2.24) is 20.0 Å². The number of ether oxygens (including phenoxy) is 1. The molecule has 14 heteroatoms. The van der Waals surface area contributed by atoms with Crippen molar-refractivity contribution < 1.29 is 17.9 Å². The van der Waals surface area contributed by atoms with Gasteiger partial charge in [0.05, 0.1) is 29.6 Å². The highest BCUT2D eigenvalue weighted by atomic mass is 35.5. The molecule has 0 saturated heterocycles. The van der Waals surface area contributed by atoms with Gasteiger partial charge in [-0.2, -0.15) is 14.9 Å².